The van der Waals surface area contributed by atoms with Gasteiger partial charge in [0.2, 0.25) is 0 Å². The SMILES string of the molecule is COC(=O)[C@H]1CCCCN1Cc1noc(-c2ccco2)n1. The monoisotopic (exact) mass is 291 g/mol. The van der Waals surface area contributed by atoms with Crippen LogP contribution in [0.15, 0.2) is 27.3 Å². The highest BCUT2D eigenvalue weighted by molar-refractivity contribution is 5.75. The molecule has 0 aliphatic carbocycles. The van der Waals surface area contributed by atoms with Crippen molar-refractivity contribution in [2.45, 2.75) is 31.8 Å². The van der Waals surface area contributed by atoms with Crippen LogP contribution in [0.2, 0.25) is 0 Å². The molecule has 1 aliphatic heterocycles. The van der Waals surface area contributed by atoms with Crippen LogP contribution in [-0.4, -0.2) is 40.7 Å². The van der Waals surface area contributed by atoms with E-state index in [0.717, 1.165) is 25.8 Å². The lowest BCUT2D eigenvalue weighted by Crippen LogP contribution is -2.44. The maximum absolute atomic E-state index is 11.8. The molecule has 7 nitrogen and oxygen atoms in total. The van der Waals surface area contributed by atoms with E-state index in [1.54, 1.807) is 18.4 Å². The minimum absolute atomic E-state index is 0.204. The van der Waals surface area contributed by atoms with Gasteiger partial charge in [0.15, 0.2) is 11.6 Å². The summed E-state index contributed by atoms with van der Waals surface area (Å²) in [6.07, 6.45) is 4.43. The fourth-order valence-corrected chi connectivity index (χ4v) is 2.58. The van der Waals surface area contributed by atoms with E-state index in [0.29, 0.717) is 24.0 Å². The Morgan fingerprint density at radius 1 is 1.52 bits per heavy atom. The summed E-state index contributed by atoms with van der Waals surface area (Å²) in [5.41, 5.74) is 0. The molecule has 0 unspecified atom stereocenters. The first-order valence-electron chi connectivity index (χ1n) is 6.96. The quantitative estimate of drug-likeness (QED) is 0.795. The van der Waals surface area contributed by atoms with Gasteiger partial charge in [0.25, 0.3) is 5.89 Å². The van der Waals surface area contributed by atoms with Crippen molar-refractivity contribution in [1.29, 1.82) is 0 Å². The van der Waals surface area contributed by atoms with E-state index in [1.165, 1.54) is 7.11 Å². The predicted octanol–water partition coefficient (Wildman–Crippen LogP) is 1.86. The van der Waals surface area contributed by atoms with E-state index in [9.17, 15) is 4.79 Å². The summed E-state index contributed by atoms with van der Waals surface area (Å²) in [5, 5.41) is 3.95. The molecule has 0 radical (unpaired) electrons. The third-order valence-corrected chi connectivity index (χ3v) is 3.63. The Bertz CT molecular complexity index is 593. The van der Waals surface area contributed by atoms with Crippen molar-refractivity contribution >= 4 is 5.97 Å². The Labute approximate surface area is 121 Å². The molecule has 112 valence electrons. The standard InChI is InChI=1S/C14H17N3O4/c1-19-14(18)10-5-2-3-7-17(10)9-12-15-13(21-16-12)11-6-4-8-20-11/h4,6,8,10H,2-3,5,7,9H2,1H3/t10-/m1/s1. The first-order chi connectivity index (χ1) is 10.3. The lowest BCUT2D eigenvalue weighted by atomic mass is 10.0. The van der Waals surface area contributed by atoms with Crippen molar-refractivity contribution in [2.75, 3.05) is 13.7 Å². The second-order valence-corrected chi connectivity index (χ2v) is 5.00. The normalized spacial score (nSPS) is 19.6. The van der Waals surface area contributed by atoms with Crippen LogP contribution >= 0.6 is 0 Å². The van der Waals surface area contributed by atoms with E-state index in [1.807, 2.05) is 4.90 Å². The zero-order valence-electron chi connectivity index (χ0n) is 11.8. The first kappa shape index (κ1) is 13.8. The minimum Gasteiger partial charge on any atom is -0.468 e. The maximum atomic E-state index is 11.8. The molecule has 2 aromatic heterocycles. The van der Waals surface area contributed by atoms with Gasteiger partial charge >= 0.3 is 5.97 Å². The minimum atomic E-state index is -0.227. The number of piperidine rings is 1. The molecule has 0 bridgehead atoms. The van der Waals surface area contributed by atoms with Crippen LogP contribution < -0.4 is 0 Å². The smallest absolute Gasteiger partial charge is 0.323 e. The average Bonchev–Trinajstić information content (AvgIpc) is 3.18. The van der Waals surface area contributed by atoms with Crippen molar-refractivity contribution in [3.05, 3.63) is 24.2 Å². The first-order valence-corrected chi connectivity index (χ1v) is 6.96. The number of hydrogen-bond donors (Lipinski definition) is 0. The molecule has 0 aromatic carbocycles. The molecule has 0 spiro atoms. The van der Waals surface area contributed by atoms with Crippen molar-refractivity contribution < 1.29 is 18.5 Å². The lowest BCUT2D eigenvalue weighted by Gasteiger charge is -2.32. The number of furan rings is 1. The molecule has 1 atom stereocenters. The predicted molar refractivity (Wildman–Crippen MR) is 72.1 cm³/mol. The number of carbonyl (C=O) groups excluding carboxylic acids is 1. The largest absolute Gasteiger partial charge is 0.468 e. The highest BCUT2D eigenvalue weighted by atomic mass is 16.5. The summed E-state index contributed by atoms with van der Waals surface area (Å²) >= 11 is 0. The Hall–Kier alpha value is -2.15. The Morgan fingerprint density at radius 2 is 2.43 bits per heavy atom. The van der Waals surface area contributed by atoms with Gasteiger partial charge in [-0.3, -0.25) is 9.69 Å². The fourth-order valence-electron chi connectivity index (χ4n) is 2.58. The Balaban J connectivity index is 1.71. The van der Waals surface area contributed by atoms with Gasteiger partial charge in [-0.1, -0.05) is 11.6 Å². The van der Waals surface area contributed by atoms with Crippen molar-refractivity contribution in [1.82, 2.24) is 15.0 Å². The number of carbonyl (C=O) groups is 1. The molecule has 1 saturated heterocycles. The number of methoxy groups -OCH3 is 1. The van der Waals surface area contributed by atoms with Gasteiger partial charge in [-0.15, -0.1) is 0 Å². The summed E-state index contributed by atoms with van der Waals surface area (Å²) in [5.74, 6) is 1.22. The lowest BCUT2D eigenvalue weighted by molar-refractivity contribution is -0.148. The third-order valence-electron chi connectivity index (χ3n) is 3.63. The van der Waals surface area contributed by atoms with E-state index >= 15 is 0 Å². The highest BCUT2D eigenvalue weighted by Gasteiger charge is 2.30. The Kier molecular flexibility index (Phi) is 4.01. The molecular formula is C14H17N3O4. The molecule has 0 N–H and O–H groups in total. The molecule has 21 heavy (non-hydrogen) atoms. The van der Waals surface area contributed by atoms with E-state index in [4.69, 9.17) is 13.7 Å². The summed E-state index contributed by atoms with van der Waals surface area (Å²) < 4.78 is 15.3. The molecule has 2 aromatic rings. The fraction of sp³-hybridized carbons (Fsp3) is 0.500. The number of hydrogen-bond acceptors (Lipinski definition) is 7. The molecule has 3 heterocycles. The van der Waals surface area contributed by atoms with E-state index in [2.05, 4.69) is 10.1 Å². The molecule has 7 heteroatoms. The van der Waals surface area contributed by atoms with Crippen molar-refractivity contribution in [2.24, 2.45) is 0 Å². The van der Waals surface area contributed by atoms with Crippen molar-refractivity contribution in [3.8, 4) is 11.7 Å². The van der Waals surface area contributed by atoms with Crippen LogP contribution in [0.5, 0.6) is 0 Å². The van der Waals surface area contributed by atoms with Gasteiger partial charge in [0.05, 0.1) is 19.9 Å². The highest BCUT2D eigenvalue weighted by Crippen LogP contribution is 2.22. The molecule has 0 saturated carbocycles. The Morgan fingerprint density at radius 3 is 3.19 bits per heavy atom. The van der Waals surface area contributed by atoms with E-state index in [-0.39, 0.29) is 12.0 Å². The van der Waals surface area contributed by atoms with Crippen LogP contribution in [0.3, 0.4) is 0 Å². The van der Waals surface area contributed by atoms with Crippen LogP contribution in [0.1, 0.15) is 25.1 Å². The maximum Gasteiger partial charge on any atom is 0.323 e. The zero-order chi connectivity index (χ0) is 14.7. The number of ether oxygens (including phenoxy) is 1. The van der Waals surface area contributed by atoms with E-state index < -0.39 is 0 Å². The average molecular weight is 291 g/mol. The van der Waals surface area contributed by atoms with Crippen LogP contribution in [0.25, 0.3) is 11.7 Å². The van der Waals surface area contributed by atoms with Gasteiger partial charge < -0.3 is 13.7 Å². The summed E-state index contributed by atoms with van der Waals surface area (Å²) in [7, 11) is 1.42. The molecule has 1 fully saturated rings. The topological polar surface area (TPSA) is 81.6 Å². The van der Waals surface area contributed by atoms with Crippen molar-refractivity contribution in [3.63, 3.8) is 0 Å². The second kappa shape index (κ2) is 6.09. The molecule has 1 aliphatic rings. The number of rotatable bonds is 4. The number of nitrogens with zero attached hydrogens (tertiary/aromatic N) is 3. The van der Waals surface area contributed by atoms with Crippen LogP contribution in [-0.2, 0) is 16.1 Å². The number of esters is 1. The van der Waals surface area contributed by atoms with Gasteiger partial charge in [-0.05, 0) is 31.5 Å². The zero-order valence-corrected chi connectivity index (χ0v) is 11.8. The molecule has 0 amide bonds. The second-order valence-electron chi connectivity index (χ2n) is 5.00. The van der Waals surface area contributed by atoms with Crippen LogP contribution in [0.4, 0.5) is 0 Å². The molecule has 3 rings (SSSR count). The van der Waals surface area contributed by atoms with Gasteiger partial charge in [-0.2, -0.15) is 4.98 Å². The van der Waals surface area contributed by atoms with Gasteiger partial charge in [-0.25, -0.2) is 0 Å². The number of likely N-dealkylation sites (tertiary alicyclic amines) is 1. The third kappa shape index (κ3) is 2.97. The van der Waals surface area contributed by atoms with Crippen LogP contribution in [0, 0.1) is 0 Å². The summed E-state index contributed by atoms with van der Waals surface area (Å²) in [4.78, 5) is 18.2. The van der Waals surface area contributed by atoms with Gasteiger partial charge in [0.1, 0.15) is 6.04 Å². The summed E-state index contributed by atoms with van der Waals surface area (Å²) in [6, 6.07) is 3.29. The van der Waals surface area contributed by atoms with Gasteiger partial charge in [0, 0.05) is 0 Å². The summed E-state index contributed by atoms with van der Waals surface area (Å²) in [6.45, 7) is 1.29. The molecular weight excluding hydrogens is 274 g/mol. The number of aromatic nitrogens is 2.